The number of aryl methyl sites for hydroxylation is 1. The molecule has 0 aliphatic heterocycles. The molecule has 1 rings (SSSR count). The molecule has 0 aliphatic carbocycles. The largest absolute Gasteiger partial charge is 0.496 e. The van der Waals surface area contributed by atoms with E-state index in [0.29, 0.717) is 11.3 Å². The van der Waals surface area contributed by atoms with Crippen LogP contribution in [0, 0.1) is 0 Å². The van der Waals surface area contributed by atoms with Crippen molar-refractivity contribution in [3.8, 4) is 5.75 Å². The number of hydrogen-bond donors (Lipinski definition) is 1. The minimum Gasteiger partial charge on any atom is -0.496 e. The molecule has 0 heterocycles. The monoisotopic (exact) mass is 193 g/mol. The number of rotatable bonds is 3. The van der Waals surface area contributed by atoms with Crippen molar-refractivity contribution < 1.29 is 9.53 Å². The Labute approximate surface area is 83.9 Å². The molecule has 0 radical (unpaired) electrons. The van der Waals surface area contributed by atoms with Crippen LogP contribution >= 0.6 is 0 Å². The fourth-order valence-electron chi connectivity index (χ4n) is 1.41. The van der Waals surface area contributed by atoms with Crippen molar-refractivity contribution in [3.63, 3.8) is 0 Å². The van der Waals surface area contributed by atoms with Gasteiger partial charge in [-0.1, -0.05) is 6.92 Å². The van der Waals surface area contributed by atoms with Crippen molar-refractivity contribution in [2.45, 2.75) is 20.3 Å². The second-order valence-corrected chi connectivity index (χ2v) is 3.16. The van der Waals surface area contributed by atoms with E-state index >= 15 is 0 Å². The van der Waals surface area contributed by atoms with Crippen molar-refractivity contribution in [2.24, 2.45) is 0 Å². The van der Waals surface area contributed by atoms with Crippen LogP contribution < -0.4 is 10.5 Å². The molecule has 0 amide bonds. The van der Waals surface area contributed by atoms with Crippen molar-refractivity contribution >= 4 is 11.5 Å². The molecule has 0 atom stereocenters. The number of anilines is 1. The van der Waals surface area contributed by atoms with E-state index in [4.69, 9.17) is 10.5 Å². The molecule has 0 saturated heterocycles. The third-order valence-corrected chi connectivity index (χ3v) is 2.21. The molecule has 1 aromatic carbocycles. The van der Waals surface area contributed by atoms with Crippen molar-refractivity contribution in [3.05, 3.63) is 23.3 Å². The smallest absolute Gasteiger partial charge is 0.162 e. The number of nitrogen functional groups attached to an aromatic ring is 1. The van der Waals surface area contributed by atoms with Crippen molar-refractivity contribution in [1.82, 2.24) is 0 Å². The van der Waals surface area contributed by atoms with Gasteiger partial charge in [0.1, 0.15) is 5.75 Å². The van der Waals surface area contributed by atoms with Crippen LogP contribution in [0.1, 0.15) is 29.8 Å². The number of nitrogens with two attached hydrogens (primary N) is 1. The summed E-state index contributed by atoms with van der Waals surface area (Å²) in [7, 11) is 1.59. The van der Waals surface area contributed by atoms with Crippen LogP contribution in [0.2, 0.25) is 0 Å². The molecule has 0 unspecified atom stereocenters. The zero-order valence-corrected chi connectivity index (χ0v) is 8.76. The zero-order chi connectivity index (χ0) is 10.7. The lowest BCUT2D eigenvalue weighted by Crippen LogP contribution is -2.02. The number of ketones is 1. The first-order valence-electron chi connectivity index (χ1n) is 4.57. The highest BCUT2D eigenvalue weighted by molar-refractivity contribution is 5.99. The number of Topliss-reactive ketones (excluding diaryl/α,β-unsaturated/α-hetero) is 1. The van der Waals surface area contributed by atoms with Gasteiger partial charge in [0.25, 0.3) is 0 Å². The van der Waals surface area contributed by atoms with E-state index in [1.807, 2.05) is 6.92 Å². The summed E-state index contributed by atoms with van der Waals surface area (Å²) in [6.07, 6.45) is 0.839. The Bertz CT molecular complexity index is 359. The lowest BCUT2D eigenvalue weighted by Gasteiger charge is -2.10. The molecule has 0 fully saturated rings. The molecule has 1 aromatic rings. The average molecular weight is 193 g/mol. The number of carbonyl (C=O) groups excluding carboxylic acids is 1. The molecule has 0 bridgehead atoms. The van der Waals surface area contributed by atoms with Gasteiger partial charge in [-0.2, -0.15) is 0 Å². The van der Waals surface area contributed by atoms with Crippen LogP contribution in [0.25, 0.3) is 0 Å². The fourth-order valence-corrected chi connectivity index (χ4v) is 1.41. The van der Waals surface area contributed by atoms with Crippen molar-refractivity contribution in [1.29, 1.82) is 0 Å². The predicted octanol–water partition coefficient (Wildman–Crippen LogP) is 2.04. The van der Waals surface area contributed by atoms with E-state index in [9.17, 15) is 4.79 Å². The SMILES string of the molecule is CCc1cc(N)c(C(C)=O)cc1OC. The second kappa shape index (κ2) is 4.13. The van der Waals surface area contributed by atoms with Gasteiger partial charge in [0.05, 0.1) is 7.11 Å². The molecular weight excluding hydrogens is 178 g/mol. The second-order valence-electron chi connectivity index (χ2n) is 3.16. The quantitative estimate of drug-likeness (QED) is 0.590. The summed E-state index contributed by atoms with van der Waals surface area (Å²) in [5.74, 6) is 0.690. The van der Waals surface area contributed by atoms with E-state index in [1.165, 1.54) is 6.92 Å². The standard InChI is InChI=1S/C11H15NO2/c1-4-8-5-10(12)9(7(2)13)6-11(8)14-3/h5-6H,4,12H2,1-3H3. The Morgan fingerprint density at radius 1 is 1.50 bits per heavy atom. The maximum atomic E-state index is 11.2. The zero-order valence-electron chi connectivity index (χ0n) is 8.76. The molecule has 3 heteroatoms. The first-order chi connectivity index (χ1) is 6.60. The van der Waals surface area contributed by atoms with Crippen LogP contribution in [0.15, 0.2) is 12.1 Å². The maximum absolute atomic E-state index is 11.2. The number of ether oxygens (including phenoxy) is 1. The third-order valence-electron chi connectivity index (χ3n) is 2.21. The van der Waals surface area contributed by atoms with E-state index in [0.717, 1.165) is 17.7 Å². The third kappa shape index (κ3) is 1.87. The Balaban J connectivity index is 3.30. The van der Waals surface area contributed by atoms with E-state index < -0.39 is 0 Å². The fraction of sp³-hybridized carbons (Fsp3) is 0.364. The summed E-state index contributed by atoms with van der Waals surface area (Å²) in [4.78, 5) is 11.2. The van der Waals surface area contributed by atoms with Crippen LogP contribution in [0.3, 0.4) is 0 Å². The number of methoxy groups -OCH3 is 1. The maximum Gasteiger partial charge on any atom is 0.162 e. The van der Waals surface area contributed by atoms with Crippen LogP contribution in [0.5, 0.6) is 5.75 Å². The van der Waals surface area contributed by atoms with Gasteiger partial charge in [0.2, 0.25) is 0 Å². The highest BCUT2D eigenvalue weighted by Crippen LogP contribution is 2.25. The first kappa shape index (κ1) is 10.6. The molecular formula is C11H15NO2. The molecule has 0 aromatic heterocycles. The summed E-state index contributed by atoms with van der Waals surface area (Å²) < 4.78 is 5.17. The Morgan fingerprint density at radius 3 is 2.57 bits per heavy atom. The number of hydrogen-bond acceptors (Lipinski definition) is 3. The van der Waals surface area contributed by atoms with Crippen molar-refractivity contribution in [2.75, 3.05) is 12.8 Å². The highest BCUT2D eigenvalue weighted by atomic mass is 16.5. The van der Waals surface area contributed by atoms with Gasteiger partial charge in [0, 0.05) is 11.3 Å². The van der Waals surface area contributed by atoms with Gasteiger partial charge in [-0.15, -0.1) is 0 Å². The van der Waals surface area contributed by atoms with Gasteiger partial charge in [-0.3, -0.25) is 4.79 Å². The molecule has 0 saturated carbocycles. The summed E-state index contributed by atoms with van der Waals surface area (Å²) in [6, 6.07) is 3.51. The summed E-state index contributed by atoms with van der Waals surface area (Å²) in [6.45, 7) is 3.52. The molecule has 0 aliphatic rings. The Hall–Kier alpha value is -1.51. The van der Waals surface area contributed by atoms with Crippen LogP contribution in [-0.2, 0) is 6.42 Å². The van der Waals surface area contributed by atoms with Crippen LogP contribution in [-0.4, -0.2) is 12.9 Å². The van der Waals surface area contributed by atoms with Gasteiger partial charge >= 0.3 is 0 Å². The van der Waals surface area contributed by atoms with Gasteiger partial charge in [-0.25, -0.2) is 0 Å². The highest BCUT2D eigenvalue weighted by Gasteiger charge is 2.10. The number of benzene rings is 1. The molecule has 14 heavy (non-hydrogen) atoms. The van der Waals surface area contributed by atoms with Gasteiger partial charge in [-0.05, 0) is 31.0 Å². The summed E-state index contributed by atoms with van der Waals surface area (Å²) in [5.41, 5.74) is 7.82. The summed E-state index contributed by atoms with van der Waals surface area (Å²) in [5, 5.41) is 0. The molecule has 76 valence electrons. The molecule has 2 N–H and O–H groups in total. The lowest BCUT2D eigenvalue weighted by atomic mass is 10.0. The average Bonchev–Trinajstić information content (AvgIpc) is 2.16. The first-order valence-corrected chi connectivity index (χ1v) is 4.57. The minimum atomic E-state index is -0.0385. The number of carbonyl (C=O) groups is 1. The Morgan fingerprint density at radius 2 is 2.14 bits per heavy atom. The lowest BCUT2D eigenvalue weighted by molar-refractivity contribution is 0.101. The van der Waals surface area contributed by atoms with Gasteiger partial charge < -0.3 is 10.5 Å². The topological polar surface area (TPSA) is 52.3 Å². The molecule has 0 spiro atoms. The molecule has 3 nitrogen and oxygen atoms in total. The van der Waals surface area contributed by atoms with E-state index in [2.05, 4.69) is 0 Å². The predicted molar refractivity (Wildman–Crippen MR) is 56.8 cm³/mol. The van der Waals surface area contributed by atoms with E-state index in [1.54, 1.807) is 19.2 Å². The summed E-state index contributed by atoms with van der Waals surface area (Å²) >= 11 is 0. The van der Waals surface area contributed by atoms with E-state index in [-0.39, 0.29) is 5.78 Å². The minimum absolute atomic E-state index is 0.0385. The van der Waals surface area contributed by atoms with Gasteiger partial charge in [0.15, 0.2) is 5.78 Å². The van der Waals surface area contributed by atoms with Crippen LogP contribution in [0.4, 0.5) is 5.69 Å². The Kier molecular flexibility index (Phi) is 3.12. The normalized spacial score (nSPS) is 9.93.